The first-order chi connectivity index (χ1) is 10.3. The quantitative estimate of drug-likeness (QED) is 0.859. The van der Waals surface area contributed by atoms with E-state index in [0.29, 0.717) is 11.4 Å². The molecule has 1 N–H and O–H groups in total. The van der Waals surface area contributed by atoms with E-state index in [1.54, 1.807) is 18.4 Å². The van der Waals surface area contributed by atoms with Gasteiger partial charge in [-0.3, -0.25) is 4.79 Å². The van der Waals surface area contributed by atoms with Gasteiger partial charge >= 0.3 is 0 Å². The first-order valence-corrected chi connectivity index (χ1v) is 8.15. The SMILES string of the molecule is COc1ccccc1NC(=O)c1cc2c(s1)CCCCC2. The third-order valence-corrected chi connectivity index (χ3v) is 5.06. The maximum Gasteiger partial charge on any atom is 0.265 e. The van der Waals surface area contributed by atoms with Crippen molar-refractivity contribution in [3.63, 3.8) is 0 Å². The highest BCUT2D eigenvalue weighted by atomic mass is 32.1. The van der Waals surface area contributed by atoms with E-state index in [-0.39, 0.29) is 5.91 Å². The van der Waals surface area contributed by atoms with Crippen LogP contribution in [-0.4, -0.2) is 13.0 Å². The van der Waals surface area contributed by atoms with Crippen LogP contribution in [0.5, 0.6) is 5.75 Å². The van der Waals surface area contributed by atoms with Crippen molar-refractivity contribution in [1.29, 1.82) is 0 Å². The zero-order chi connectivity index (χ0) is 14.7. The van der Waals surface area contributed by atoms with Crippen molar-refractivity contribution in [3.05, 3.63) is 45.6 Å². The number of aryl methyl sites for hydroxylation is 2. The summed E-state index contributed by atoms with van der Waals surface area (Å²) in [6, 6.07) is 9.55. The van der Waals surface area contributed by atoms with Crippen LogP contribution >= 0.6 is 11.3 Å². The van der Waals surface area contributed by atoms with E-state index in [9.17, 15) is 4.79 Å². The summed E-state index contributed by atoms with van der Waals surface area (Å²) in [6.45, 7) is 0. The average Bonchev–Trinajstić information content (AvgIpc) is 2.79. The second-order valence-electron chi connectivity index (χ2n) is 5.27. The molecule has 0 spiro atoms. The summed E-state index contributed by atoms with van der Waals surface area (Å²) < 4.78 is 5.27. The molecule has 0 aliphatic heterocycles. The smallest absolute Gasteiger partial charge is 0.265 e. The fraction of sp³-hybridized carbons (Fsp3) is 0.353. The lowest BCUT2D eigenvalue weighted by atomic mass is 10.1. The number of amides is 1. The molecule has 21 heavy (non-hydrogen) atoms. The highest BCUT2D eigenvalue weighted by Gasteiger charge is 2.17. The van der Waals surface area contributed by atoms with Gasteiger partial charge in [0.25, 0.3) is 5.91 Å². The number of hydrogen-bond acceptors (Lipinski definition) is 3. The second kappa shape index (κ2) is 6.31. The van der Waals surface area contributed by atoms with Crippen LogP contribution < -0.4 is 10.1 Å². The van der Waals surface area contributed by atoms with Crippen LogP contribution in [0.2, 0.25) is 0 Å². The van der Waals surface area contributed by atoms with Crippen LogP contribution in [-0.2, 0) is 12.8 Å². The minimum Gasteiger partial charge on any atom is -0.495 e. The molecule has 1 aliphatic rings. The lowest BCUT2D eigenvalue weighted by molar-refractivity contribution is 0.103. The van der Waals surface area contributed by atoms with Crippen LogP contribution in [0.4, 0.5) is 5.69 Å². The normalized spacial score (nSPS) is 14.1. The Labute approximate surface area is 129 Å². The van der Waals surface area contributed by atoms with Gasteiger partial charge in [-0.25, -0.2) is 0 Å². The number of benzene rings is 1. The molecular formula is C17H19NO2S. The van der Waals surface area contributed by atoms with E-state index in [4.69, 9.17) is 4.74 Å². The van der Waals surface area contributed by atoms with Crippen LogP contribution in [0.3, 0.4) is 0 Å². The van der Waals surface area contributed by atoms with Crippen LogP contribution in [0.15, 0.2) is 30.3 Å². The molecule has 0 saturated carbocycles. The largest absolute Gasteiger partial charge is 0.495 e. The number of fused-ring (bicyclic) bond motifs is 1. The number of ether oxygens (including phenoxy) is 1. The second-order valence-corrected chi connectivity index (χ2v) is 6.41. The van der Waals surface area contributed by atoms with Gasteiger partial charge in [0.05, 0.1) is 17.7 Å². The highest BCUT2D eigenvalue weighted by molar-refractivity contribution is 7.14. The fourth-order valence-electron chi connectivity index (χ4n) is 2.71. The number of methoxy groups -OCH3 is 1. The maximum atomic E-state index is 12.4. The van der Waals surface area contributed by atoms with E-state index in [1.807, 2.05) is 24.3 Å². The number of carbonyl (C=O) groups is 1. The van der Waals surface area contributed by atoms with Crippen LogP contribution in [0.25, 0.3) is 0 Å². The Morgan fingerprint density at radius 3 is 2.86 bits per heavy atom. The number of para-hydroxylation sites is 2. The van der Waals surface area contributed by atoms with Gasteiger partial charge in [-0.1, -0.05) is 18.6 Å². The van der Waals surface area contributed by atoms with Crippen molar-refractivity contribution < 1.29 is 9.53 Å². The molecule has 2 aromatic rings. The van der Waals surface area contributed by atoms with Gasteiger partial charge in [0.15, 0.2) is 0 Å². The Bertz CT molecular complexity index is 624. The maximum absolute atomic E-state index is 12.4. The molecule has 1 amide bonds. The van der Waals surface area contributed by atoms with Gasteiger partial charge in [0, 0.05) is 4.88 Å². The summed E-state index contributed by atoms with van der Waals surface area (Å²) in [4.78, 5) is 14.6. The molecule has 0 saturated heterocycles. The average molecular weight is 301 g/mol. The topological polar surface area (TPSA) is 38.3 Å². The molecule has 1 aliphatic carbocycles. The number of rotatable bonds is 3. The van der Waals surface area contributed by atoms with E-state index in [1.165, 1.54) is 29.7 Å². The van der Waals surface area contributed by atoms with Crippen molar-refractivity contribution in [1.82, 2.24) is 0 Å². The molecule has 4 heteroatoms. The Hall–Kier alpha value is -1.81. The van der Waals surface area contributed by atoms with E-state index in [0.717, 1.165) is 17.7 Å². The predicted molar refractivity (Wildman–Crippen MR) is 86.5 cm³/mol. The first-order valence-electron chi connectivity index (χ1n) is 7.34. The van der Waals surface area contributed by atoms with Crippen molar-refractivity contribution in [2.24, 2.45) is 0 Å². The molecule has 1 aromatic heterocycles. The standard InChI is InChI=1S/C17H19NO2S/c1-20-14-9-6-5-8-13(14)18-17(19)16-11-12-7-3-2-4-10-15(12)21-16/h5-6,8-9,11H,2-4,7,10H2,1H3,(H,18,19). The van der Waals surface area contributed by atoms with Crippen molar-refractivity contribution >= 4 is 22.9 Å². The number of thiophene rings is 1. The van der Waals surface area contributed by atoms with E-state index >= 15 is 0 Å². The third kappa shape index (κ3) is 3.10. The van der Waals surface area contributed by atoms with Gasteiger partial charge in [-0.05, 0) is 49.4 Å². The molecule has 3 rings (SSSR count). The van der Waals surface area contributed by atoms with E-state index in [2.05, 4.69) is 11.4 Å². The summed E-state index contributed by atoms with van der Waals surface area (Å²) in [5.74, 6) is 0.640. The zero-order valence-electron chi connectivity index (χ0n) is 12.1. The minimum atomic E-state index is -0.0439. The van der Waals surface area contributed by atoms with Crippen molar-refractivity contribution in [3.8, 4) is 5.75 Å². The molecule has 0 radical (unpaired) electrons. The Kier molecular flexibility index (Phi) is 4.25. The molecule has 1 heterocycles. The van der Waals surface area contributed by atoms with Crippen molar-refractivity contribution in [2.75, 3.05) is 12.4 Å². The fourth-order valence-corrected chi connectivity index (χ4v) is 3.86. The van der Waals surface area contributed by atoms with Gasteiger partial charge in [-0.15, -0.1) is 11.3 Å². The Balaban J connectivity index is 1.79. The summed E-state index contributed by atoms with van der Waals surface area (Å²) >= 11 is 1.64. The molecule has 0 fully saturated rings. The zero-order valence-corrected chi connectivity index (χ0v) is 13.0. The molecule has 1 aromatic carbocycles. The lowest BCUT2D eigenvalue weighted by Crippen LogP contribution is -2.11. The monoisotopic (exact) mass is 301 g/mol. The molecule has 110 valence electrons. The minimum absolute atomic E-state index is 0.0439. The molecule has 3 nitrogen and oxygen atoms in total. The Morgan fingerprint density at radius 2 is 2.00 bits per heavy atom. The van der Waals surface area contributed by atoms with Crippen LogP contribution in [0, 0.1) is 0 Å². The first kappa shape index (κ1) is 14.1. The highest BCUT2D eigenvalue weighted by Crippen LogP contribution is 2.30. The van der Waals surface area contributed by atoms with Gasteiger partial charge in [0.2, 0.25) is 0 Å². The molecule has 0 atom stereocenters. The van der Waals surface area contributed by atoms with Gasteiger partial charge in [0.1, 0.15) is 5.75 Å². The third-order valence-electron chi connectivity index (χ3n) is 3.83. The summed E-state index contributed by atoms with van der Waals surface area (Å²) in [5, 5.41) is 2.95. The van der Waals surface area contributed by atoms with Crippen LogP contribution in [0.1, 0.15) is 39.4 Å². The number of carbonyl (C=O) groups excluding carboxylic acids is 1. The van der Waals surface area contributed by atoms with Gasteiger partial charge < -0.3 is 10.1 Å². The van der Waals surface area contributed by atoms with Gasteiger partial charge in [-0.2, -0.15) is 0 Å². The van der Waals surface area contributed by atoms with E-state index < -0.39 is 0 Å². The lowest BCUT2D eigenvalue weighted by Gasteiger charge is -2.08. The number of anilines is 1. The summed E-state index contributed by atoms with van der Waals surface area (Å²) in [6.07, 6.45) is 5.98. The summed E-state index contributed by atoms with van der Waals surface area (Å²) in [5.41, 5.74) is 2.08. The predicted octanol–water partition coefficient (Wildman–Crippen LogP) is 4.28. The summed E-state index contributed by atoms with van der Waals surface area (Å²) in [7, 11) is 1.61. The molecule has 0 unspecified atom stereocenters. The Morgan fingerprint density at radius 1 is 1.19 bits per heavy atom. The van der Waals surface area contributed by atoms with Crippen molar-refractivity contribution in [2.45, 2.75) is 32.1 Å². The molecular weight excluding hydrogens is 282 g/mol. The number of hydrogen-bond donors (Lipinski definition) is 1. The number of nitrogens with one attached hydrogen (secondary N) is 1. The molecule has 0 bridgehead atoms.